The molecule has 0 spiro atoms. The molecule has 14 heteroatoms. The van der Waals surface area contributed by atoms with E-state index in [0.717, 1.165) is 86.2 Å². The van der Waals surface area contributed by atoms with Gasteiger partial charge in [-0.1, -0.05) is 87.5 Å². The normalized spacial score (nSPS) is 21.6. The number of methoxy groups -OCH3 is 2. The van der Waals surface area contributed by atoms with Crippen molar-refractivity contribution in [1.29, 1.82) is 0 Å². The standard InChI is InChI=1S/C50H52N8O6/c1-26(2)40(55-49(61)63-4)48(60)58-34-16-11-33(24-34)44(58)46-52-38-20-15-32-23-30(13-18-36(32)43(38)54-46)29-12-17-35-31(22-29)14-19-37-42(35)53-45(51-37)39-21-27(3)25-57(39)47(59)41(56-50(62)64-5)28-9-7-6-8-10-28/h6-10,12-15,17-20,22-23,26-27,33-34,39-41,44H,11,16,21,24-25H2,1-5H3,(H,51,53)(H,52,54)(H,55,61)(H,56,62)/t27-,33-,34+,39-,40?,41+,44-/m0/s1. The molecule has 14 nitrogen and oxygen atoms in total. The number of aromatic amines is 2. The third-order valence-corrected chi connectivity index (χ3v) is 13.8. The Morgan fingerprint density at radius 1 is 0.719 bits per heavy atom. The summed E-state index contributed by atoms with van der Waals surface area (Å²) < 4.78 is 9.75. The largest absolute Gasteiger partial charge is 0.453 e. The third-order valence-electron chi connectivity index (χ3n) is 13.8. The van der Waals surface area contributed by atoms with Crippen LogP contribution >= 0.6 is 0 Å². The number of carbonyl (C=O) groups is 4. The second kappa shape index (κ2) is 16.3. The lowest BCUT2D eigenvalue weighted by Crippen LogP contribution is -2.54. The number of rotatable bonds is 9. The maximum absolute atomic E-state index is 14.2. The van der Waals surface area contributed by atoms with Crippen LogP contribution in [0.2, 0.25) is 0 Å². The third kappa shape index (κ3) is 7.14. The van der Waals surface area contributed by atoms with Crippen molar-refractivity contribution in [3.63, 3.8) is 0 Å². The molecule has 1 saturated carbocycles. The highest BCUT2D eigenvalue weighted by Crippen LogP contribution is 2.50. The lowest BCUT2D eigenvalue weighted by molar-refractivity contribution is -0.139. The Bertz CT molecular complexity index is 2960. The van der Waals surface area contributed by atoms with Crippen molar-refractivity contribution in [1.82, 2.24) is 40.4 Å². The van der Waals surface area contributed by atoms with E-state index >= 15 is 0 Å². The zero-order valence-electron chi connectivity index (χ0n) is 36.6. The number of nitrogens with one attached hydrogen (secondary N) is 4. The van der Waals surface area contributed by atoms with Gasteiger partial charge in [0.25, 0.3) is 5.91 Å². The number of carbonyl (C=O) groups excluding carboxylic acids is 4. The maximum Gasteiger partial charge on any atom is 0.407 e. The Hall–Kier alpha value is -6.96. The van der Waals surface area contributed by atoms with E-state index in [2.05, 4.69) is 82.1 Å². The Kier molecular flexibility index (Phi) is 10.5. The number of alkyl carbamates (subject to hydrolysis) is 2. The molecular formula is C50H52N8O6. The van der Waals surface area contributed by atoms with E-state index in [-0.39, 0.29) is 41.8 Å². The maximum atomic E-state index is 14.2. The van der Waals surface area contributed by atoms with Crippen LogP contribution in [0.3, 0.4) is 0 Å². The molecule has 3 fully saturated rings. The molecule has 1 unspecified atom stereocenters. The van der Waals surface area contributed by atoms with Gasteiger partial charge in [0.05, 0.1) is 48.4 Å². The van der Waals surface area contributed by atoms with Gasteiger partial charge in [0, 0.05) is 23.4 Å². The summed E-state index contributed by atoms with van der Waals surface area (Å²) in [5.74, 6) is 1.60. The van der Waals surface area contributed by atoms with Gasteiger partial charge in [-0.2, -0.15) is 0 Å². The number of aromatic nitrogens is 4. The van der Waals surface area contributed by atoms with E-state index in [4.69, 9.17) is 19.4 Å². The monoisotopic (exact) mass is 860 g/mol. The van der Waals surface area contributed by atoms with Crippen LogP contribution in [0, 0.1) is 17.8 Å². The molecular weight excluding hydrogens is 809 g/mol. The zero-order valence-corrected chi connectivity index (χ0v) is 36.6. The predicted molar refractivity (Wildman–Crippen MR) is 244 cm³/mol. The molecule has 2 saturated heterocycles. The molecule has 4 amide bonds. The number of amides is 4. The van der Waals surface area contributed by atoms with Crippen molar-refractivity contribution >= 4 is 67.6 Å². The van der Waals surface area contributed by atoms with Crippen LogP contribution in [0.15, 0.2) is 91.0 Å². The molecule has 2 aromatic heterocycles. The zero-order chi connectivity index (χ0) is 44.4. The number of hydrogen-bond acceptors (Lipinski definition) is 8. The lowest BCUT2D eigenvalue weighted by atomic mass is 9.95. The molecule has 3 aliphatic rings. The first-order chi connectivity index (χ1) is 31.0. The smallest absolute Gasteiger partial charge is 0.407 e. The molecule has 0 radical (unpaired) electrons. The molecule has 2 aliphatic heterocycles. The number of nitrogens with zero attached hydrogens (tertiary/aromatic N) is 4. The highest BCUT2D eigenvalue weighted by molar-refractivity contribution is 6.07. The van der Waals surface area contributed by atoms with E-state index in [1.807, 2.05) is 60.0 Å². The van der Waals surface area contributed by atoms with Gasteiger partial charge in [0.2, 0.25) is 5.91 Å². The molecule has 10 rings (SSSR count). The summed E-state index contributed by atoms with van der Waals surface area (Å²) in [5.41, 5.74) is 6.32. The Balaban J connectivity index is 0.927. The number of hydrogen-bond donors (Lipinski definition) is 4. The first-order valence-corrected chi connectivity index (χ1v) is 22.2. The van der Waals surface area contributed by atoms with Gasteiger partial charge < -0.3 is 39.9 Å². The fourth-order valence-corrected chi connectivity index (χ4v) is 10.6. The minimum atomic E-state index is -0.903. The van der Waals surface area contributed by atoms with E-state index in [1.54, 1.807) is 0 Å². The minimum Gasteiger partial charge on any atom is -0.453 e. The van der Waals surface area contributed by atoms with Crippen LogP contribution in [0.4, 0.5) is 9.59 Å². The van der Waals surface area contributed by atoms with E-state index in [9.17, 15) is 19.2 Å². The van der Waals surface area contributed by atoms with Gasteiger partial charge >= 0.3 is 12.2 Å². The van der Waals surface area contributed by atoms with Gasteiger partial charge in [-0.3, -0.25) is 9.59 Å². The van der Waals surface area contributed by atoms with Crippen molar-refractivity contribution in [2.75, 3.05) is 20.8 Å². The number of imidazole rings is 2. The molecule has 7 aromatic rings. The van der Waals surface area contributed by atoms with Gasteiger partial charge in [-0.25, -0.2) is 19.6 Å². The molecule has 2 bridgehead atoms. The molecule has 5 aromatic carbocycles. The summed E-state index contributed by atoms with van der Waals surface area (Å²) in [6.07, 6.45) is 2.35. The van der Waals surface area contributed by atoms with E-state index < -0.39 is 24.3 Å². The summed E-state index contributed by atoms with van der Waals surface area (Å²) in [6.45, 7) is 6.53. The predicted octanol–water partition coefficient (Wildman–Crippen LogP) is 8.85. The average molecular weight is 861 g/mol. The molecule has 4 N–H and O–H groups in total. The summed E-state index contributed by atoms with van der Waals surface area (Å²) >= 11 is 0. The van der Waals surface area contributed by atoms with Crippen LogP contribution in [0.25, 0.3) is 54.7 Å². The Labute approximate surface area is 370 Å². The van der Waals surface area contributed by atoms with Crippen molar-refractivity contribution in [2.24, 2.45) is 17.8 Å². The minimum absolute atomic E-state index is 0.0953. The van der Waals surface area contributed by atoms with Gasteiger partial charge in [-0.05, 0) is 95.2 Å². The lowest BCUT2D eigenvalue weighted by Gasteiger charge is -2.37. The van der Waals surface area contributed by atoms with Gasteiger partial charge in [0.1, 0.15) is 23.7 Å². The van der Waals surface area contributed by atoms with Crippen molar-refractivity contribution < 1.29 is 28.7 Å². The Morgan fingerprint density at radius 3 is 1.95 bits per heavy atom. The quantitative estimate of drug-likeness (QED) is 0.111. The highest BCUT2D eigenvalue weighted by atomic mass is 16.5. The number of piperidine rings is 1. The van der Waals surface area contributed by atoms with E-state index in [1.165, 1.54) is 14.2 Å². The second-order valence-electron chi connectivity index (χ2n) is 18.1. The number of ether oxygens (including phenoxy) is 2. The van der Waals surface area contributed by atoms with Crippen LogP contribution in [0.1, 0.15) is 81.8 Å². The van der Waals surface area contributed by atoms with Crippen molar-refractivity contribution in [3.05, 3.63) is 108 Å². The summed E-state index contributed by atoms with van der Waals surface area (Å²) in [6, 6.07) is 28.4. The first kappa shape index (κ1) is 41.1. The van der Waals surface area contributed by atoms with Gasteiger partial charge in [0.15, 0.2) is 0 Å². The number of fused-ring (bicyclic) bond motifs is 8. The molecule has 64 heavy (non-hydrogen) atoms. The van der Waals surface area contributed by atoms with Gasteiger partial charge in [-0.15, -0.1) is 0 Å². The van der Waals surface area contributed by atoms with Crippen LogP contribution in [-0.4, -0.2) is 86.6 Å². The Morgan fingerprint density at radius 2 is 1.33 bits per heavy atom. The fraction of sp³-hybridized carbons (Fsp3) is 0.360. The van der Waals surface area contributed by atoms with Crippen LogP contribution in [-0.2, 0) is 19.1 Å². The molecule has 328 valence electrons. The van der Waals surface area contributed by atoms with Crippen LogP contribution in [0.5, 0.6) is 0 Å². The van der Waals surface area contributed by atoms with Crippen LogP contribution < -0.4 is 10.6 Å². The fourth-order valence-electron chi connectivity index (χ4n) is 10.6. The molecule has 4 heterocycles. The van der Waals surface area contributed by atoms with Crippen molar-refractivity contribution in [3.8, 4) is 11.1 Å². The van der Waals surface area contributed by atoms with Crippen molar-refractivity contribution in [2.45, 2.75) is 76.7 Å². The SMILES string of the molecule is COC(=O)NC(C(=O)N1[C@@H]2CC[C@@H](C2)[C@H]1c1nc2c(ccc3cc(-c4ccc5c(ccc6[nH]c([C@@H]7C[C@H](C)CN7C(=O)[C@H](NC(=O)OC)c7ccccc7)nc65)c4)ccc32)[nH]1)C(C)C. The highest BCUT2D eigenvalue weighted by Gasteiger charge is 2.51. The summed E-state index contributed by atoms with van der Waals surface area (Å²) in [5, 5.41) is 9.66. The second-order valence-corrected chi connectivity index (χ2v) is 18.1. The number of likely N-dealkylation sites (tertiary alicyclic amines) is 2. The molecule has 7 atom stereocenters. The topological polar surface area (TPSA) is 175 Å². The van der Waals surface area contributed by atoms with E-state index in [0.29, 0.717) is 23.9 Å². The first-order valence-electron chi connectivity index (χ1n) is 22.2. The summed E-state index contributed by atoms with van der Waals surface area (Å²) in [4.78, 5) is 74.3. The molecule has 1 aliphatic carbocycles. The summed E-state index contributed by atoms with van der Waals surface area (Å²) in [7, 11) is 2.60. The number of benzene rings is 5. The average Bonchev–Trinajstić information content (AvgIpc) is 4.17. The number of H-pyrrole nitrogens is 2.